The van der Waals surface area contributed by atoms with Gasteiger partial charge in [-0.3, -0.25) is 9.69 Å². The highest BCUT2D eigenvalue weighted by atomic mass is 16.5. The lowest BCUT2D eigenvalue weighted by molar-refractivity contribution is -0.115. The maximum absolute atomic E-state index is 12.5. The number of aromatic nitrogens is 1. The molecule has 4 rings (SSSR count). The number of carbonyl (C=O) groups excluding carboxylic acids is 1. The Morgan fingerprint density at radius 1 is 1.17 bits per heavy atom. The molecule has 0 atom stereocenters. The molecule has 1 aromatic heterocycles. The fraction of sp³-hybridized carbons (Fsp3) is 0.417. The lowest BCUT2D eigenvalue weighted by atomic mass is 9.99. The van der Waals surface area contributed by atoms with Crippen LogP contribution < -0.4 is 5.32 Å². The number of likely N-dealkylation sites (tertiary alicyclic amines) is 1. The molecule has 0 unspecified atom stereocenters. The highest BCUT2D eigenvalue weighted by Gasteiger charge is 2.16. The van der Waals surface area contributed by atoms with Crippen LogP contribution >= 0.6 is 0 Å². The van der Waals surface area contributed by atoms with Gasteiger partial charge in [-0.2, -0.15) is 0 Å². The maximum Gasteiger partial charge on any atom is 0.230 e. The number of anilines is 1. The molecular formula is C24H29N3O2. The number of nitrogens with one attached hydrogen (secondary N) is 1. The van der Waals surface area contributed by atoms with Crippen molar-refractivity contribution in [3.05, 3.63) is 58.8 Å². The molecule has 152 valence electrons. The summed E-state index contributed by atoms with van der Waals surface area (Å²) in [6.45, 7) is 9.68. The second kappa shape index (κ2) is 8.37. The molecule has 0 spiro atoms. The van der Waals surface area contributed by atoms with Crippen molar-refractivity contribution in [2.24, 2.45) is 5.92 Å². The van der Waals surface area contributed by atoms with Crippen LogP contribution in [0, 0.1) is 19.8 Å². The quantitative estimate of drug-likeness (QED) is 0.675. The Kier molecular flexibility index (Phi) is 5.67. The molecule has 2 heterocycles. The standard InChI is InChI=1S/C24H29N3O2/c1-16-8-10-27(11-9-16)15-19-4-6-20(7-5-19)25-23(28)14-22-21-13-17(2)12-18(3)24(21)29-26-22/h4-7,12-13,16H,8-11,14-15H2,1-3H3,(H,25,28). The molecule has 1 saturated heterocycles. The minimum Gasteiger partial charge on any atom is -0.356 e. The van der Waals surface area contributed by atoms with E-state index in [0.29, 0.717) is 5.69 Å². The van der Waals surface area contributed by atoms with Crippen LogP contribution in [0.5, 0.6) is 0 Å². The second-order valence-corrected chi connectivity index (χ2v) is 8.47. The van der Waals surface area contributed by atoms with Crippen molar-refractivity contribution in [3.63, 3.8) is 0 Å². The first kappa shape index (κ1) is 19.6. The van der Waals surface area contributed by atoms with Gasteiger partial charge in [0.15, 0.2) is 5.58 Å². The second-order valence-electron chi connectivity index (χ2n) is 8.47. The van der Waals surface area contributed by atoms with Gasteiger partial charge in [0.25, 0.3) is 0 Å². The van der Waals surface area contributed by atoms with E-state index < -0.39 is 0 Å². The third-order valence-electron chi connectivity index (χ3n) is 5.83. The van der Waals surface area contributed by atoms with E-state index in [1.165, 1.54) is 31.5 Å². The van der Waals surface area contributed by atoms with E-state index in [9.17, 15) is 4.79 Å². The van der Waals surface area contributed by atoms with Gasteiger partial charge in [0.1, 0.15) is 5.69 Å². The highest BCUT2D eigenvalue weighted by molar-refractivity contribution is 5.95. The van der Waals surface area contributed by atoms with Crippen molar-refractivity contribution in [1.82, 2.24) is 10.1 Å². The van der Waals surface area contributed by atoms with Crippen molar-refractivity contribution in [2.45, 2.75) is 46.6 Å². The highest BCUT2D eigenvalue weighted by Crippen LogP contribution is 2.24. The molecule has 29 heavy (non-hydrogen) atoms. The van der Waals surface area contributed by atoms with Crippen molar-refractivity contribution in [3.8, 4) is 0 Å². The first-order valence-electron chi connectivity index (χ1n) is 10.4. The molecule has 0 radical (unpaired) electrons. The summed E-state index contributed by atoms with van der Waals surface area (Å²) in [5.74, 6) is 0.760. The molecule has 0 saturated carbocycles. The minimum absolute atomic E-state index is 0.0860. The number of nitrogens with zero attached hydrogens (tertiary/aromatic N) is 2. The average molecular weight is 392 g/mol. The van der Waals surface area contributed by atoms with Crippen molar-refractivity contribution < 1.29 is 9.32 Å². The zero-order valence-corrected chi connectivity index (χ0v) is 17.5. The molecular weight excluding hydrogens is 362 g/mol. The van der Waals surface area contributed by atoms with Gasteiger partial charge in [-0.15, -0.1) is 0 Å². The number of amides is 1. The molecule has 1 fully saturated rings. The van der Waals surface area contributed by atoms with E-state index in [1.54, 1.807) is 0 Å². The molecule has 5 heteroatoms. The number of hydrogen-bond donors (Lipinski definition) is 1. The van der Waals surface area contributed by atoms with Crippen LogP contribution in [-0.2, 0) is 17.8 Å². The van der Waals surface area contributed by atoms with E-state index in [2.05, 4.69) is 40.5 Å². The number of benzene rings is 2. The van der Waals surface area contributed by atoms with Crippen LogP contribution in [0.2, 0.25) is 0 Å². The van der Waals surface area contributed by atoms with Crippen molar-refractivity contribution >= 4 is 22.6 Å². The number of rotatable bonds is 5. The zero-order chi connectivity index (χ0) is 20.4. The Hall–Kier alpha value is -2.66. The molecule has 1 aliphatic rings. The summed E-state index contributed by atoms with van der Waals surface area (Å²) in [4.78, 5) is 15.0. The zero-order valence-electron chi connectivity index (χ0n) is 17.5. The Bertz CT molecular complexity index is 999. The SMILES string of the molecule is Cc1cc(C)c2onc(CC(=O)Nc3ccc(CN4CCC(C)CC4)cc3)c2c1. The smallest absolute Gasteiger partial charge is 0.230 e. The molecule has 5 nitrogen and oxygen atoms in total. The van der Waals surface area contributed by atoms with Crippen LogP contribution in [0.25, 0.3) is 11.0 Å². The van der Waals surface area contributed by atoms with Crippen LogP contribution in [0.1, 0.15) is 42.1 Å². The molecule has 2 aromatic carbocycles. The largest absolute Gasteiger partial charge is 0.356 e. The van der Waals surface area contributed by atoms with E-state index in [-0.39, 0.29) is 12.3 Å². The Labute approximate surface area is 172 Å². The minimum atomic E-state index is -0.0860. The summed E-state index contributed by atoms with van der Waals surface area (Å²) in [6, 6.07) is 12.3. The van der Waals surface area contributed by atoms with Crippen LogP contribution in [-0.4, -0.2) is 29.1 Å². The normalized spacial score (nSPS) is 15.7. The summed E-state index contributed by atoms with van der Waals surface area (Å²) in [7, 11) is 0. The summed E-state index contributed by atoms with van der Waals surface area (Å²) in [5.41, 5.74) is 5.71. The van der Waals surface area contributed by atoms with Crippen molar-refractivity contribution in [1.29, 1.82) is 0 Å². The first-order valence-corrected chi connectivity index (χ1v) is 10.4. The third-order valence-corrected chi connectivity index (χ3v) is 5.83. The number of hydrogen-bond acceptors (Lipinski definition) is 4. The molecule has 1 amide bonds. The van der Waals surface area contributed by atoms with E-state index in [0.717, 1.165) is 40.2 Å². The Morgan fingerprint density at radius 3 is 2.62 bits per heavy atom. The number of piperidine rings is 1. The molecule has 0 aliphatic carbocycles. The number of fused-ring (bicyclic) bond motifs is 1. The monoisotopic (exact) mass is 391 g/mol. The van der Waals surface area contributed by atoms with Gasteiger partial charge in [0.05, 0.1) is 6.42 Å². The summed E-state index contributed by atoms with van der Waals surface area (Å²) in [5, 5.41) is 8.02. The predicted molar refractivity (Wildman–Crippen MR) is 116 cm³/mol. The van der Waals surface area contributed by atoms with Gasteiger partial charge in [0.2, 0.25) is 5.91 Å². The van der Waals surface area contributed by atoms with E-state index in [4.69, 9.17) is 4.52 Å². The van der Waals surface area contributed by atoms with E-state index in [1.807, 2.05) is 32.0 Å². The molecule has 1 aliphatic heterocycles. The number of aryl methyl sites for hydroxylation is 2. The van der Waals surface area contributed by atoms with Gasteiger partial charge < -0.3 is 9.84 Å². The summed E-state index contributed by atoms with van der Waals surface area (Å²) >= 11 is 0. The Morgan fingerprint density at radius 2 is 1.90 bits per heavy atom. The van der Waals surface area contributed by atoms with Crippen molar-refractivity contribution in [2.75, 3.05) is 18.4 Å². The Balaban J connectivity index is 1.36. The topological polar surface area (TPSA) is 58.4 Å². The van der Waals surface area contributed by atoms with Gasteiger partial charge in [0, 0.05) is 17.6 Å². The molecule has 0 bridgehead atoms. The summed E-state index contributed by atoms with van der Waals surface area (Å²) in [6.07, 6.45) is 2.76. The third kappa shape index (κ3) is 4.67. The average Bonchev–Trinajstić information content (AvgIpc) is 3.08. The first-order chi connectivity index (χ1) is 14.0. The van der Waals surface area contributed by atoms with Gasteiger partial charge in [-0.1, -0.05) is 30.3 Å². The van der Waals surface area contributed by atoms with Crippen LogP contribution in [0.3, 0.4) is 0 Å². The van der Waals surface area contributed by atoms with Gasteiger partial charge in [-0.25, -0.2) is 0 Å². The predicted octanol–water partition coefficient (Wildman–Crippen LogP) is 4.86. The van der Waals surface area contributed by atoms with Gasteiger partial charge >= 0.3 is 0 Å². The van der Waals surface area contributed by atoms with Crippen LogP contribution in [0.15, 0.2) is 40.9 Å². The lowest BCUT2D eigenvalue weighted by Crippen LogP contribution is -2.32. The fourth-order valence-electron chi connectivity index (χ4n) is 4.10. The fourth-order valence-corrected chi connectivity index (χ4v) is 4.10. The van der Waals surface area contributed by atoms with E-state index >= 15 is 0 Å². The van der Waals surface area contributed by atoms with Crippen LogP contribution in [0.4, 0.5) is 5.69 Å². The molecule has 1 N–H and O–H groups in total. The molecule has 3 aromatic rings. The summed E-state index contributed by atoms with van der Waals surface area (Å²) < 4.78 is 5.45. The maximum atomic E-state index is 12.5. The number of carbonyl (C=O) groups is 1. The van der Waals surface area contributed by atoms with Gasteiger partial charge in [-0.05, 0) is 80.6 Å². The lowest BCUT2D eigenvalue weighted by Gasteiger charge is -2.30.